The normalized spacial score (nSPS) is 15.9. The Morgan fingerprint density at radius 2 is 1.94 bits per heavy atom. The Labute approximate surface area is 91.9 Å². The third-order valence-electron chi connectivity index (χ3n) is 2.47. The summed E-state index contributed by atoms with van der Waals surface area (Å²) in [6.07, 6.45) is -4.20. The number of rotatable bonds is 3. The first kappa shape index (κ1) is 13.0. The van der Waals surface area contributed by atoms with Crippen molar-refractivity contribution in [3.05, 3.63) is 35.4 Å². The number of aliphatic hydroxyl groups is 1. The Morgan fingerprint density at radius 3 is 2.44 bits per heavy atom. The summed E-state index contributed by atoms with van der Waals surface area (Å²) in [4.78, 5) is 0. The van der Waals surface area contributed by atoms with Crippen molar-refractivity contribution in [3.8, 4) is 0 Å². The summed E-state index contributed by atoms with van der Waals surface area (Å²) in [7, 11) is 0. The molecule has 16 heavy (non-hydrogen) atoms. The van der Waals surface area contributed by atoms with Crippen LogP contribution in [0.4, 0.5) is 13.2 Å². The van der Waals surface area contributed by atoms with Gasteiger partial charge in [0.25, 0.3) is 0 Å². The van der Waals surface area contributed by atoms with E-state index in [2.05, 4.69) is 0 Å². The Morgan fingerprint density at radius 1 is 1.31 bits per heavy atom. The fourth-order valence-corrected chi connectivity index (χ4v) is 1.36. The minimum atomic E-state index is -4.69. The minimum Gasteiger partial charge on any atom is -0.376 e. The van der Waals surface area contributed by atoms with Crippen LogP contribution < -0.4 is 5.73 Å². The maximum absolute atomic E-state index is 12.6. The van der Waals surface area contributed by atoms with Crippen molar-refractivity contribution >= 4 is 0 Å². The highest BCUT2D eigenvalue weighted by Gasteiger charge is 2.51. The van der Waals surface area contributed by atoms with Gasteiger partial charge < -0.3 is 10.8 Å². The second-order valence-corrected chi connectivity index (χ2v) is 3.81. The van der Waals surface area contributed by atoms with E-state index in [0.29, 0.717) is 18.5 Å². The first-order valence-electron chi connectivity index (χ1n) is 4.87. The lowest BCUT2D eigenvalue weighted by atomic mass is 9.93. The number of hydrogen-bond donors (Lipinski definition) is 2. The number of hydrogen-bond acceptors (Lipinski definition) is 2. The van der Waals surface area contributed by atoms with Crippen LogP contribution in [0.15, 0.2) is 24.3 Å². The van der Waals surface area contributed by atoms with E-state index in [1.807, 2.05) is 0 Å². The van der Waals surface area contributed by atoms with Crippen molar-refractivity contribution in [3.63, 3.8) is 0 Å². The lowest BCUT2D eigenvalue weighted by Crippen LogP contribution is -2.39. The number of halogens is 3. The number of alkyl halides is 3. The molecule has 3 N–H and O–H groups in total. The van der Waals surface area contributed by atoms with Gasteiger partial charge in [-0.25, -0.2) is 0 Å². The highest BCUT2D eigenvalue weighted by molar-refractivity contribution is 5.29. The van der Waals surface area contributed by atoms with Gasteiger partial charge in [0.05, 0.1) is 0 Å². The van der Waals surface area contributed by atoms with E-state index in [0.717, 1.165) is 6.92 Å². The van der Waals surface area contributed by atoms with E-state index >= 15 is 0 Å². The Hall–Kier alpha value is -1.07. The summed E-state index contributed by atoms with van der Waals surface area (Å²) in [6, 6.07) is 5.76. The Balaban J connectivity index is 3.08. The molecule has 1 rings (SSSR count). The number of benzene rings is 1. The van der Waals surface area contributed by atoms with Crippen LogP contribution in [0.1, 0.15) is 18.1 Å². The van der Waals surface area contributed by atoms with Gasteiger partial charge in [-0.1, -0.05) is 24.3 Å². The molecule has 0 fully saturated rings. The van der Waals surface area contributed by atoms with Gasteiger partial charge in [-0.3, -0.25) is 0 Å². The summed E-state index contributed by atoms with van der Waals surface area (Å²) in [5.74, 6) is 0. The fourth-order valence-electron chi connectivity index (χ4n) is 1.36. The minimum absolute atomic E-state index is 0.161. The van der Waals surface area contributed by atoms with Crippen molar-refractivity contribution in [2.75, 3.05) is 6.54 Å². The Bertz CT molecular complexity index is 360. The van der Waals surface area contributed by atoms with Crippen LogP contribution in [0.3, 0.4) is 0 Å². The maximum atomic E-state index is 12.6. The van der Waals surface area contributed by atoms with Crippen molar-refractivity contribution in [1.29, 1.82) is 0 Å². The second kappa shape index (κ2) is 4.43. The molecule has 0 heterocycles. The van der Waals surface area contributed by atoms with Crippen LogP contribution in [0.25, 0.3) is 0 Å². The fraction of sp³-hybridized carbons (Fsp3) is 0.455. The summed E-state index contributed by atoms with van der Waals surface area (Å²) < 4.78 is 37.7. The van der Waals surface area contributed by atoms with Crippen LogP contribution in [0.2, 0.25) is 0 Å². The van der Waals surface area contributed by atoms with E-state index < -0.39 is 11.8 Å². The summed E-state index contributed by atoms with van der Waals surface area (Å²) in [6.45, 7) is 1.10. The molecule has 2 nitrogen and oxygen atoms in total. The first-order chi connectivity index (χ1) is 7.29. The molecule has 0 aromatic heterocycles. The topological polar surface area (TPSA) is 46.2 Å². The van der Waals surface area contributed by atoms with Gasteiger partial charge in [0, 0.05) is 0 Å². The van der Waals surface area contributed by atoms with Gasteiger partial charge in [-0.15, -0.1) is 0 Å². The highest BCUT2D eigenvalue weighted by atomic mass is 19.4. The molecule has 90 valence electrons. The van der Waals surface area contributed by atoms with Crippen molar-refractivity contribution < 1.29 is 18.3 Å². The van der Waals surface area contributed by atoms with E-state index in [1.54, 1.807) is 6.07 Å². The third kappa shape index (κ3) is 2.54. The predicted molar refractivity (Wildman–Crippen MR) is 54.8 cm³/mol. The van der Waals surface area contributed by atoms with Gasteiger partial charge in [-0.05, 0) is 31.0 Å². The van der Waals surface area contributed by atoms with E-state index in [1.165, 1.54) is 18.2 Å². The van der Waals surface area contributed by atoms with E-state index in [-0.39, 0.29) is 5.56 Å². The SMILES string of the molecule is CC(O)(c1cccc(CCN)c1)C(F)(F)F. The largest absolute Gasteiger partial charge is 0.421 e. The summed E-state index contributed by atoms with van der Waals surface area (Å²) in [5, 5.41) is 9.46. The van der Waals surface area contributed by atoms with Crippen LogP contribution in [-0.4, -0.2) is 17.8 Å². The average molecular weight is 233 g/mol. The van der Waals surface area contributed by atoms with E-state index in [4.69, 9.17) is 5.73 Å². The Kier molecular flexibility index (Phi) is 3.60. The zero-order chi connectivity index (χ0) is 12.4. The van der Waals surface area contributed by atoms with Crippen LogP contribution >= 0.6 is 0 Å². The summed E-state index contributed by atoms with van der Waals surface area (Å²) >= 11 is 0. The van der Waals surface area contributed by atoms with Crippen LogP contribution in [0, 0.1) is 0 Å². The third-order valence-corrected chi connectivity index (χ3v) is 2.47. The average Bonchev–Trinajstić information content (AvgIpc) is 2.17. The zero-order valence-corrected chi connectivity index (χ0v) is 8.88. The van der Waals surface area contributed by atoms with Crippen molar-refractivity contribution in [2.45, 2.75) is 25.1 Å². The zero-order valence-electron chi connectivity index (χ0n) is 8.88. The molecule has 0 radical (unpaired) electrons. The lowest BCUT2D eigenvalue weighted by molar-refractivity contribution is -0.258. The molecule has 0 aliphatic rings. The van der Waals surface area contributed by atoms with E-state index in [9.17, 15) is 18.3 Å². The quantitative estimate of drug-likeness (QED) is 0.838. The molecule has 0 bridgehead atoms. The molecule has 1 aromatic carbocycles. The smallest absolute Gasteiger partial charge is 0.376 e. The van der Waals surface area contributed by atoms with Crippen molar-refractivity contribution in [1.82, 2.24) is 0 Å². The molecular weight excluding hydrogens is 219 g/mol. The molecule has 1 aromatic rings. The molecule has 1 atom stereocenters. The molecule has 0 aliphatic carbocycles. The summed E-state index contributed by atoms with van der Waals surface area (Å²) in [5.41, 5.74) is 3.02. The first-order valence-corrected chi connectivity index (χ1v) is 4.87. The number of nitrogens with two attached hydrogens (primary N) is 1. The maximum Gasteiger partial charge on any atom is 0.421 e. The van der Waals surface area contributed by atoms with Crippen LogP contribution in [0.5, 0.6) is 0 Å². The van der Waals surface area contributed by atoms with Crippen molar-refractivity contribution in [2.24, 2.45) is 5.73 Å². The molecule has 1 unspecified atom stereocenters. The lowest BCUT2D eigenvalue weighted by Gasteiger charge is -2.27. The van der Waals surface area contributed by atoms with Crippen LogP contribution in [-0.2, 0) is 12.0 Å². The molecule has 0 amide bonds. The monoisotopic (exact) mass is 233 g/mol. The predicted octanol–water partition coefficient (Wildman–Crippen LogP) is 1.96. The highest BCUT2D eigenvalue weighted by Crippen LogP contribution is 2.38. The van der Waals surface area contributed by atoms with Gasteiger partial charge >= 0.3 is 6.18 Å². The van der Waals surface area contributed by atoms with Gasteiger partial charge in [0.2, 0.25) is 0 Å². The second-order valence-electron chi connectivity index (χ2n) is 3.81. The molecule has 0 spiro atoms. The molecule has 0 saturated carbocycles. The van der Waals surface area contributed by atoms with Gasteiger partial charge in [-0.2, -0.15) is 13.2 Å². The molecule has 5 heteroatoms. The molecular formula is C11H14F3NO. The molecule has 0 saturated heterocycles. The molecule has 0 aliphatic heterocycles. The van der Waals surface area contributed by atoms with Gasteiger partial charge in [0.15, 0.2) is 5.60 Å². The van der Waals surface area contributed by atoms with Gasteiger partial charge in [0.1, 0.15) is 0 Å². The standard InChI is InChI=1S/C11H14F3NO/c1-10(16,11(12,13)14)9-4-2-3-8(7-9)5-6-15/h2-4,7,16H,5-6,15H2,1H3.